The van der Waals surface area contributed by atoms with E-state index in [2.05, 4.69) is 10.3 Å². The zero-order valence-corrected chi connectivity index (χ0v) is 14.4. The van der Waals surface area contributed by atoms with E-state index in [1.165, 1.54) is 6.20 Å². The van der Waals surface area contributed by atoms with Gasteiger partial charge in [-0.25, -0.2) is 9.78 Å². The average Bonchev–Trinajstić information content (AvgIpc) is 2.46. The van der Waals surface area contributed by atoms with Crippen LogP contribution < -0.4 is 5.32 Å². The maximum Gasteiger partial charge on any atom is 0.410 e. The topological polar surface area (TPSA) is 71.5 Å². The molecule has 0 aliphatic carbocycles. The van der Waals surface area contributed by atoms with Gasteiger partial charge in [0.25, 0.3) is 5.91 Å². The van der Waals surface area contributed by atoms with Crippen LogP contribution in [-0.2, 0) is 4.74 Å². The Morgan fingerprint density at radius 1 is 1.43 bits per heavy atom. The minimum Gasteiger partial charge on any atom is -0.444 e. The minimum atomic E-state index is -0.531. The molecule has 0 saturated carbocycles. The lowest BCUT2D eigenvalue weighted by Gasteiger charge is -2.34. The minimum absolute atomic E-state index is 0.125. The second-order valence-corrected chi connectivity index (χ2v) is 6.94. The smallest absolute Gasteiger partial charge is 0.410 e. The Morgan fingerprint density at radius 2 is 2.17 bits per heavy atom. The Hall–Kier alpha value is -1.82. The molecule has 6 nitrogen and oxygen atoms in total. The van der Waals surface area contributed by atoms with Crippen molar-refractivity contribution < 1.29 is 14.3 Å². The van der Waals surface area contributed by atoms with E-state index in [1.807, 2.05) is 20.8 Å². The van der Waals surface area contributed by atoms with Crippen LogP contribution >= 0.6 is 11.6 Å². The van der Waals surface area contributed by atoms with Crippen molar-refractivity contribution in [3.8, 4) is 0 Å². The van der Waals surface area contributed by atoms with Gasteiger partial charge in [-0.05, 0) is 45.7 Å². The number of piperidine rings is 1. The fraction of sp³-hybridized carbons (Fsp3) is 0.562. The number of aromatic nitrogens is 1. The molecule has 0 radical (unpaired) electrons. The van der Waals surface area contributed by atoms with Crippen molar-refractivity contribution in [1.29, 1.82) is 0 Å². The molecule has 0 unspecified atom stereocenters. The van der Waals surface area contributed by atoms with Crippen LogP contribution in [0.2, 0.25) is 5.15 Å². The highest BCUT2D eigenvalue weighted by Crippen LogP contribution is 2.17. The summed E-state index contributed by atoms with van der Waals surface area (Å²) in [6, 6.07) is 3.16. The SMILES string of the molecule is CC(C)(C)OC(=O)N1CCC[C@@H](NC(=O)c2cccnc2Cl)C1. The normalized spacial score (nSPS) is 18.4. The van der Waals surface area contributed by atoms with Gasteiger partial charge in [0.2, 0.25) is 0 Å². The van der Waals surface area contributed by atoms with E-state index in [1.54, 1.807) is 17.0 Å². The molecule has 2 amide bonds. The van der Waals surface area contributed by atoms with Crippen molar-refractivity contribution in [2.24, 2.45) is 0 Å². The van der Waals surface area contributed by atoms with Crippen LogP contribution in [0.15, 0.2) is 18.3 Å². The number of likely N-dealkylation sites (tertiary alicyclic amines) is 1. The van der Waals surface area contributed by atoms with Crippen molar-refractivity contribution in [3.63, 3.8) is 0 Å². The molecule has 2 heterocycles. The zero-order chi connectivity index (χ0) is 17.0. The van der Waals surface area contributed by atoms with Crippen molar-refractivity contribution in [3.05, 3.63) is 29.0 Å². The molecule has 1 aromatic heterocycles. The Kier molecular flexibility index (Phi) is 5.46. The van der Waals surface area contributed by atoms with E-state index >= 15 is 0 Å². The van der Waals surface area contributed by atoms with Gasteiger partial charge in [0, 0.05) is 25.3 Å². The van der Waals surface area contributed by atoms with Crippen LogP contribution in [0.1, 0.15) is 44.0 Å². The van der Waals surface area contributed by atoms with Crippen LogP contribution in [0.5, 0.6) is 0 Å². The molecule has 1 aliphatic rings. The number of pyridine rings is 1. The molecule has 1 saturated heterocycles. The average molecular weight is 340 g/mol. The number of amides is 2. The molecule has 23 heavy (non-hydrogen) atoms. The van der Waals surface area contributed by atoms with E-state index in [-0.39, 0.29) is 23.2 Å². The molecule has 7 heteroatoms. The van der Waals surface area contributed by atoms with Gasteiger partial charge in [-0.15, -0.1) is 0 Å². The van der Waals surface area contributed by atoms with E-state index in [4.69, 9.17) is 16.3 Å². The van der Waals surface area contributed by atoms with Gasteiger partial charge >= 0.3 is 6.09 Å². The predicted molar refractivity (Wildman–Crippen MR) is 87.5 cm³/mol. The van der Waals surface area contributed by atoms with E-state index in [0.717, 1.165) is 12.8 Å². The Balaban J connectivity index is 1.95. The Morgan fingerprint density at radius 3 is 2.83 bits per heavy atom. The second-order valence-electron chi connectivity index (χ2n) is 6.58. The molecule has 2 rings (SSSR count). The molecule has 1 fully saturated rings. The number of hydrogen-bond acceptors (Lipinski definition) is 4. The highest BCUT2D eigenvalue weighted by molar-refractivity contribution is 6.32. The molecular formula is C16H22ClN3O3. The highest BCUT2D eigenvalue weighted by atomic mass is 35.5. The Labute approximate surface area is 141 Å². The quantitative estimate of drug-likeness (QED) is 0.841. The first-order valence-corrected chi connectivity index (χ1v) is 8.03. The van der Waals surface area contributed by atoms with Gasteiger partial charge in [0.05, 0.1) is 5.56 Å². The van der Waals surface area contributed by atoms with Crippen LogP contribution in [0.4, 0.5) is 4.79 Å². The van der Waals surface area contributed by atoms with E-state index in [9.17, 15) is 9.59 Å². The van der Waals surface area contributed by atoms with Crippen LogP contribution in [0, 0.1) is 0 Å². The van der Waals surface area contributed by atoms with Crippen LogP contribution in [0.3, 0.4) is 0 Å². The van der Waals surface area contributed by atoms with E-state index < -0.39 is 5.60 Å². The fourth-order valence-electron chi connectivity index (χ4n) is 2.41. The first-order chi connectivity index (χ1) is 10.8. The van der Waals surface area contributed by atoms with Gasteiger partial charge in [0.15, 0.2) is 0 Å². The molecule has 1 aliphatic heterocycles. The second kappa shape index (κ2) is 7.17. The van der Waals surface area contributed by atoms with Crippen molar-refractivity contribution in [2.75, 3.05) is 13.1 Å². The summed E-state index contributed by atoms with van der Waals surface area (Å²) in [5, 5.41) is 3.08. The lowest BCUT2D eigenvalue weighted by atomic mass is 10.1. The molecule has 0 bridgehead atoms. The number of nitrogens with one attached hydrogen (secondary N) is 1. The molecule has 0 aromatic carbocycles. The van der Waals surface area contributed by atoms with Crippen LogP contribution in [-0.4, -0.2) is 46.6 Å². The summed E-state index contributed by atoms with van der Waals surface area (Å²) in [4.78, 5) is 29.9. The first-order valence-electron chi connectivity index (χ1n) is 7.65. The Bertz CT molecular complexity index is 586. The van der Waals surface area contributed by atoms with E-state index in [0.29, 0.717) is 18.7 Å². The highest BCUT2D eigenvalue weighted by Gasteiger charge is 2.28. The number of hydrogen-bond donors (Lipinski definition) is 1. The molecule has 1 N–H and O–H groups in total. The first kappa shape index (κ1) is 17.5. The molecule has 126 valence electrons. The zero-order valence-electron chi connectivity index (χ0n) is 13.6. The molecule has 1 aromatic rings. The van der Waals surface area contributed by atoms with Crippen molar-refractivity contribution in [2.45, 2.75) is 45.3 Å². The van der Waals surface area contributed by atoms with Crippen molar-refractivity contribution >= 4 is 23.6 Å². The number of rotatable bonds is 2. The van der Waals surface area contributed by atoms with Gasteiger partial charge in [-0.2, -0.15) is 0 Å². The number of halogens is 1. The van der Waals surface area contributed by atoms with Gasteiger partial charge in [-0.3, -0.25) is 4.79 Å². The summed E-state index contributed by atoms with van der Waals surface area (Å²) in [6.45, 7) is 6.56. The van der Waals surface area contributed by atoms with Gasteiger partial charge < -0.3 is 15.0 Å². The number of ether oxygens (including phenoxy) is 1. The monoisotopic (exact) mass is 339 g/mol. The third kappa shape index (κ3) is 5.10. The lowest BCUT2D eigenvalue weighted by molar-refractivity contribution is 0.0185. The lowest BCUT2D eigenvalue weighted by Crippen LogP contribution is -2.50. The summed E-state index contributed by atoms with van der Waals surface area (Å²) in [7, 11) is 0. The van der Waals surface area contributed by atoms with Crippen LogP contribution in [0.25, 0.3) is 0 Å². The van der Waals surface area contributed by atoms with Gasteiger partial charge in [0.1, 0.15) is 10.8 Å². The summed E-state index contributed by atoms with van der Waals surface area (Å²) >= 11 is 5.93. The molecule has 0 spiro atoms. The summed E-state index contributed by atoms with van der Waals surface area (Å²) in [5.74, 6) is -0.279. The summed E-state index contributed by atoms with van der Waals surface area (Å²) in [5.41, 5.74) is -0.195. The molecular weight excluding hydrogens is 318 g/mol. The maximum atomic E-state index is 12.3. The van der Waals surface area contributed by atoms with Crippen molar-refractivity contribution in [1.82, 2.24) is 15.2 Å². The standard InChI is InChI=1S/C16H22ClN3O3/c1-16(2,3)23-15(22)20-9-5-6-11(10-20)19-14(21)12-7-4-8-18-13(12)17/h4,7-8,11H,5-6,9-10H2,1-3H3,(H,19,21)/t11-/m1/s1. The summed E-state index contributed by atoms with van der Waals surface area (Å²) in [6.07, 6.45) is 2.80. The number of carbonyl (C=O) groups is 2. The number of nitrogens with zero attached hydrogens (tertiary/aromatic N) is 2. The largest absolute Gasteiger partial charge is 0.444 e. The third-order valence-corrected chi connectivity index (χ3v) is 3.71. The fourth-order valence-corrected chi connectivity index (χ4v) is 2.61. The maximum absolute atomic E-state index is 12.3. The molecule has 1 atom stereocenters. The number of carbonyl (C=O) groups excluding carboxylic acids is 2. The third-order valence-electron chi connectivity index (χ3n) is 3.41. The van der Waals surface area contributed by atoms with Gasteiger partial charge in [-0.1, -0.05) is 11.6 Å². The summed E-state index contributed by atoms with van der Waals surface area (Å²) < 4.78 is 5.38. The predicted octanol–water partition coefficient (Wildman–Crippen LogP) is 2.86.